The number of carbonyl (C=O) groups excluding carboxylic acids is 1. The molecule has 1 aliphatic rings. The van der Waals surface area contributed by atoms with Crippen molar-refractivity contribution in [3.63, 3.8) is 0 Å². The number of phenols is 1. The van der Waals surface area contributed by atoms with Gasteiger partial charge < -0.3 is 20.8 Å². The van der Waals surface area contributed by atoms with Gasteiger partial charge in [0.05, 0.1) is 5.92 Å². The lowest BCUT2D eigenvalue weighted by atomic mass is 9.86. The van der Waals surface area contributed by atoms with E-state index in [1.807, 2.05) is 6.07 Å². The zero-order valence-corrected chi connectivity index (χ0v) is 11.7. The molecule has 0 aromatic heterocycles. The molecule has 0 spiro atoms. The van der Waals surface area contributed by atoms with Crippen molar-refractivity contribution >= 4 is 12.0 Å². The first kappa shape index (κ1) is 15.2. The molecule has 0 aliphatic heterocycles. The summed E-state index contributed by atoms with van der Waals surface area (Å²) in [7, 11) is 0. The lowest BCUT2D eigenvalue weighted by Gasteiger charge is -2.26. The van der Waals surface area contributed by atoms with Gasteiger partial charge in [0, 0.05) is 12.6 Å². The van der Waals surface area contributed by atoms with Gasteiger partial charge >= 0.3 is 12.0 Å². The molecule has 6 nitrogen and oxygen atoms in total. The van der Waals surface area contributed by atoms with Crippen LogP contribution in [0.1, 0.15) is 31.2 Å². The molecule has 1 saturated carbocycles. The highest BCUT2D eigenvalue weighted by Crippen LogP contribution is 2.24. The average molecular weight is 292 g/mol. The minimum atomic E-state index is -0.748. The van der Waals surface area contributed by atoms with Gasteiger partial charge in [-0.1, -0.05) is 12.1 Å². The molecule has 1 aromatic carbocycles. The largest absolute Gasteiger partial charge is 0.508 e. The van der Waals surface area contributed by atoms with Gasteiger partial charge in [-0.25, -0.2) is 4.79 Å². The van der Waals surface area contributed by atoms with Crippen molar-refractivity contribution in [3.8, 4) is 5.75 Å². The van der Waals surface area contributed by atoms with Gasteiger partial charge in [0.2, 0.25) is 0 Å². The molecular formula is C15H20N2O4. The van der Waals surface area contributed by atoms with Gasteiger partial charge in [0.25, 0.3) is 0 Å². The predicted octanol–water partition coefficient (Wildman–Crippen LogP) is 1.83. The molecule has 0 saturated heterocycles. The first-order valence-electron chi connectivity index (χ1n) is 7.09. The van der Waals surface area contributed by atoms with Crippen LogP contribution >= 0.6 is 0 Å². The smallest absolute Gasteiger partial charge is 0.315 e. The predicted molar refractivity (Wildman–Crippen MR) is 76.9 cm³/mol. The lowest BCUT2D eigenvalue weighted by molar-refractivity contribution is -0.142. The molecule has 1 aromatic rings. The fourth-order valence-corrected chi connectivity index (χ4v) is 2.57. The number of phenolic OH excluding ortho intramolecular Hbond substituents is 1. The third-order valence-corrected chi connectivity index (χ3v) is 3.78. The van der Waals surface area contributed by atoms with Crippen molar-refractivity contribution in [2.24, 2.45) is 5.92 Å². The third-order valence-electron chi connectivity index (χ3n) is 3.78. The van der Waals surface area contributed by atoms with E-state index in [9.17, 15) is 14.7 Å². The molecule has 114 valence electrons. The Morgan fingerprint density at radius 1 is 1.19 bits per heavy atom. The summed E-state index contributed by atoms with van der Waals surface area (Å²) in [5.41, 5.74) is 0.819. The van der Waals surface area contributed by atoms with Crippen LogP contribution in [0.4, 0.5) is 4.79 Å². The van der Waals surface area contributed by atoms with Crippen LogP contribution in [0, 0.1) is 5.92 Å². The van der Waals surface area contributed by atoms with Crippen LogP contribution in [0.5, 0.6) is 5.75 Å². The number of aliphatic carboxylic acids is 1. The van der Waals surface area contributed by atoms with Crippen molar-refractivity contribution in [2.45, 2.75) is 38.3 Å². The summed E-state index contributed by atoms with van der Waals surface area (Å²) in [6.45, 7) is 0.338. The number of nitrogens with one attached hydrogen (secondary N) is 2. The molecule has 2 amide bonds. The molecule has 21 heavy (non-hydrogen) atoms. The molecule has 4 N–H and O–H groups in total. The number of benzene rings is 1. The number of hydrogen-bond donors (Lipinski definition) is 4. The minimum Gasteiger partial charge on any atom is -0.508 e. The van der Waals surface area contributed by atoms with E-state index in [2.05, 4.69) is 10.6 Å². The van der Waals surface area contributed by atoms with Crippen molar-refractivity contribution in [1.29, 1.82) is 0 Å². The fraction of sp³-hybridized carbons (Fsp3) is 0.467. The molecule has 0 bridgehead atoms. The summed E-state index contributed by atoms with van der Waals surface area (Å²) < 4.78 is 0. The monoisotopic (exact) mass is 292 g/mol. The van der Waals surface area contributed by atoms with Crippen LogP contribution in [0.3, 0.4) is 0 Å². The van der Waals surface area contributed by atoms with Crippen molar-refractivity contribution in [1.82, 2.24) is 10.6 Å². The van der Waals surface area contributed by atoms with E-state index in [1.54, 1.807) is 18.2 Å². The van der Waals surface area contributed by atoms with E-state index in [1.165, 1.54) is 0 Å². The maximum absolute atomic E-state index is 11.8. The van der Waals surface area contributed by atoms with Crippen LogP contribution in [-0.2, 0) is 11.3 Å². The first-order valence-corrected chi connectivity index (χ1v) is 7.09. The van der Waals surface area contributed by atoms with Crippen molar-refractivity contribution in [2.75, 3.05) is 0 Å². The molecular weight excluding hydrogens is 272 g/mol. The highest BCUT2D eigenvalue weighted by Gasteiger charge is 2.26. The highest BCUT2D eigenvalue weighted by atomic mass is 16.4. The average Bonchev–Trinajstić information content (AvgIpc) is 2.46. The van der Waals surface area contributed by atoms with Crippen LogP contribution in [0.2, 0.25) is 0 Å². The van der Waals surface area contributed by atoms with Gasteiger partial charge in [0.15, 0.2) is 0 Å². The number of carboxylic acid groups (broad SMARTS) is 1. The summed E-state index contributed by atoms with van der Waals surface area (Å²) >= 11 is 0. The minimum absolute atomic E-state index is 0.0322. The zero-order chi connectivity index (χ0) is 15.2. The number of aromatic hydroxyl groups is 1. The highest BCUT2D eigenvalue weighted by molar-refractivity contribution is 5.74. The number of carbonyl (C=O) groups is 2. The number of amides is 2. The van der Waals surface area contributed by atoms with Gasteiger partial charge in [-0.2, -0.15) is 0 Å². The quantitative estimate of drug-likeness (QED) is 0.680. The number of carboxylic acids is 1. The Bertz CT molecular complexity index is 510. The van der Waals surface area contributed by atoms with Crippen LogP contribution in [0.15, 0.2) is 24.3 Å². The Labute approximate surface area is 123 Å². The Hall–Kier alpha value is -2.24. The molecule has 1 aliphatic carbocycles. The van der Waals surface area contributed by atoms with E-state index in [4.69, 9.17) is 5.11 Å². The number of rotatable bonds is 4. The summed E-state index contributed by atoms with van der Waals surface area (Å²) in [6.07, 6.45) is 2.59. The fourth-order valence-electron chi connectivity index (χ4n) is 2.57. The van der Waals surface area contributed by atoms with Gasteiger partial charge in [-0.15, -0.1) is 0 Å². The second kappa shape index (κ2) is 6.97. The third kappa shape index (κ3) is 4.66. The Balaban J connectivity index is 1.72. The van der Waals surface area contributed by atoms with Crippen LogP contribution in [-0.4, -0.2) is 28.3 Å². The van der Waals surface area contributed by atoms with E-state index in [-0.39, 0.29) is 23.7 Å². The van der Waals surface area contributed by atoms with E-state index < -0.39 is 5.97 Å². The molecule has 1 fully saturated rings. The van der Waals surface area contributed by atoms with E-state index in [0.29, 0.717) is 32.2 Å². The molecule has 0 radical (unpaired) electrons. The van der Waals surface area contributed by atoms with Gasteiger partial charge in [0.1, 0.15) is 5.75 Å². The van der Waals surface area contributed by atoms with Crippen molar-refractivity contribution in [3.05, 3.63) is 29.8 Å². The molecule has 2 rings (SSSR count). The summed E-state index contributed by atoms with van der Waals surface area (Å²) in [5.74, 6) is -0.859. The molecule has 6 heteroatoms. The zero-order valence-electron chi connectivity index (χ0n) is 11.7. The molecule has 0 unspecified atom stereocenters. The maximum Gasteiger partial charge on any atom is 0.315 e. The standard InChI is InChI=1S/C15H20N2O4/c18-13-3-1-2-10(8-13)9-16-15(21)17-12-6-4-11(5-7-12)14(19)20/h1-3,8,11-12,18H,4-7,9H2,(H,19,20)(H2,16,17,21). The summed E-state index contributed by atoms with van der Waals surface area (Å²) in [6, 6.07) is 6.47. The Morgan fingerprint density at radius 2 is 1.90 bits per heavy atom. The topological polar surface area (TPSA) is 98.7 Å². The van der Waals surface area contributed by atoms with E-state index in [0.717, 1.165) is 5.56 Å². The van der Waals surface area contributed by atoms with Crippen LogP contribution in [0.25, 0.3) is 0 Å². The first-order chi connectivity index (χ1) is 10.0. The lowest BCUT2D eigenvalue weighted by Crippen LogP contribution is -2.43. The second-order valence-electron chi connectivity index (χ2n) is 5.38. The SMILES string of the molecule is O=C(NCc1cccc(O)c1)NC1CCC(C(=O)O)CC1. The second-order valence-corrected chi connectivity index (χ2v) is 5.38. The normalized spacial score (nSPS) is 21.5. The Kier molecular flexibility index (Phi) is 5.03. The maximum atomic E-state index is 11.8. The number of hydrogen-bond acceptors (Lipinski definition) is 3. The van der Waals surface area contributed by atoms with Gasteiger partial charge in [-0.3, -0.25) is 4.79 Å². The summed E-state index contributed by atoms with van der Waals surface area (Å²) in [4.78, 5) is 22.6. The van der Waals surface area contributed by atoms with Crippen LogP contribution < -0.4 is 10.6 Å². The summed E-state index contributed by atoms with van der Waals surface area (Å²) in [5, 5.41) is 23.8. The number of urea groups is 1. The van der Waals surface area contributed by atoms with Crippen molar-refractivity contribution < 1.29 is 19.8 Å². The Morgan fingerprint density at radius 3 is 2.52 bits per heavy atom. The molecule has 0 atom stereocenters. The molecule has 0 heterocycles. The van der Waals surface area contributed by atoms with Gasteiger partial charge in [-0.05, 0) is 43.4 Å². The van der Waals surface area contributed by atoms with E-state index >= 15 is 0 Å².